The molecule has 0 amide bonds. The quantitative estimate of drug-likeness (QED) is 0.690. The topological polar surface area (TPSA) is 44.8 Å². The van der Waals surface area contributed by atoms with Crippen molar-refractivity contribution in [1.82, 2.24) is 0 Å². The molecule has 2 rings (SSSR count). The molecule has 1 aliphatic carbocycles. The molecule has 0 aromatic heterocycles. The van der Waals surface area contributed by atoms with Gasteiger partial charge in [-0.1, -0.05) is 38.5 Å². The van der Waals surface area contributed by atoms with Gasteiger partial charge in [-0.15, -0.1) is 0 Å². The van der Waals surface area contributed by atoms with Crippen molar-refractivity contribution in [3.63, 3.8) is 0 Å². The maximum atomic E-state index is 11.4. The van der Waals surface area contributed by atoms with Crippen LogP contribution in [0.3, 0.4) is 0 Å². The molecule has 0 N–H and O–H groups in total. The van der Waals surface area contributed by atoms with Gasteiger partial charge < -0.3 is 14.2 Å². The summed E-state index contributed by atoms with van der Waals surface area (Å²) in [5, 5.41) is 0. The Balaban J connectivity index is 2.03. The van der Waals surface area contributed by atoms with E-state index >= 15 is 0 Å². The third-order valence-corrected chi connectivity index (χ3v) is 4.32. The summed E-state index contributed by atoms with van der Waals surface area (Å²) in [6.07, 6.45) is 11.2. The molecule has 1 atom stereocenters. The van der Waals surface area contributed by atoms with Crippen molar-refractivity contribution in [2.75, 3.05) is 13.2 Å². The zero-order valence-corrected chi connectivity index (χ0v) is 12.7. The van der Waals surface area contributed by atoms with Crippen molar-refractivity contribution >= 4 is 5.97 Å². The number of esters is 1. The highest BCUT2D eigenvalue weighted by Gasteiger charge is 2.45. The van der Waals surface area contributed by atoms with Crippen molar-refractivity contribution < 1.29 is 19.0 Å². The van der Waals surface area contributed by atoms with E-state index in [0.717, 1.165) is 25.7 Å². The summed E-state index contributed by atoms with van der Waals surface area (Å²) in [5.41, 5.74) is 0. The number of hydrogen-bond donors (Lipinski definition) is 0. The highest BCUT2D eigenvalue weighted by molar-refractivity contribution is 5.66. The van der Waals surface area contributed by atoms with Crippen LogP contribution in [0.2, 0.25) is 0 Å². The molecule has 1 spiro atoms. The lowest BCUT2D eigenvalue weighted by Crippen LogP contribution is -2.46. The van der Waals surface area contributed by atoms with Gasteiger partial charge in [0.15, 0.2) is 6.10 Å². The number of carbonyl (C=O) groups is 1. The first kappa shape index (κ1) is 15.8. The fourth-order valence-electron chi connectivity index (χ4n) is 3.29. The maximum absolute atomic E-state index is 11.4. The molecule has 1 aliphatic heterocycles. The van der Waals surface area contributed by atoms with Gasteiger partial charge in [-0.05, 0) is 19.3 Å². The minimum Gasteiger partial charge on any atom is -0.457 e. The van der Waals surface area contributed by atoms with E-state index in [1.807, 2.05) is 0 Å². The summed E-state index contributed by atoms with van der Waals surface area (Å²) in [4.78, 5) is 11.4. The zero-order valence-electron chi connectivity index (χ0n) is 12.7. The molecule has 4 heteroatoms. The lowest BCUT2D eigenvalue weighted by atomic mass is 9.94. The largest absolute Gasteiger partial charge is 0.457 e. The molecular formula is C16H28O4. The van der Waals surface area contributed by atoms with E-state index in [-0.39, 0.29) is 12.1 Å². The van der Waals surface area contributed by atoms with Gasteiger partial charge in [0.25, 0.3) is 0 Å². The summed E-state index contributed by atoms with van der Waals surface area (Å²) in [5.74, 6) is -0.911. The van der Waals surface area contributed by atoms with Crippen LogP contribution in [0.25, 0.3) is 0 Å². The van der Waals surface area contributed by atoms with E-state index in [1.165, 1.54) is 45.4 Å². The molecule has 4 nitrogen and oxygen atoms in total. The third-order valence-electron chi connectivity index (χ3n) is 4.32. The maximum Gasteiger partial charge on any atom is 0.303 e. The van der Waals surface area contributed by atoms with Crippen LogP contribution in [0.4, 0.5) is 0 Å². The fraction of sp³-hybridized carbons (Fsp3) is 0.938. The monoisotopic (exact) mass is 284 g/mol. The van der Waals surface area contributed by atoms with E-state index in [0.29, 0.717) is 13.2 Å². The van der Waals surface area contributed by atoms with Crippen molar-refractivity contribution in [2.45, 2.75) is 83.0 Å². The zero-order chi connectivity index (χ0) is 14.3. The lowest BCUT2D eigenvalue weighted by molar-refractivity contribution is -0.237. The van der Waals surface area contributed by atoms with Crippen LogP contribution in [0.5, 0.6) is 0 Å². The average Bonchev–Trinajstić information content (AvgIpc) is 2.87. The Morgan fingerprint density at radius 1 is 0.950 bits per heavy atom. The van der Waals surface area contributed by atoms with Crippen LogP contribution in [0.1, 0.15) is 71.1 Å². The second kappa shape index (κ2) is 7.99. The minimum absolute atomic E-state index is 0.236. The molecule has 0 radical (unpaired) electrons. The van der Waals surface area contributed by atoms with Crippen molar-refractivity contribution in [1.29, 1.82) is 0 Å². The van der Waals surface area contributed by atoms with Gasteiger partial charge in [0.2, 0.25) is 5.79 Å². The summed E-state index contributed by atoms with van der Waals surface area (Å²) in [7, 11) is 0. The number of ether oxygens (including phenoxy) is 3. The van der Waals surface area contributed by atoms with Crippen LogP contribution in [0, 0.1) is 0 Å². The van der Waals surface area contributed by atoms with Crippen LogP contribution in [-0.2, 0) is 19.0 Å². The molecule has 1 unspecified atom stereocenters. The first-order valence-corrected chi connectivity index (χ1v) is 8.18. The van der Waals surface area contributed by atoms with Gasteiger partial charge in [-0.25, -0.2) is 0 Å². The van der Waals surface area contributed by atoms with Crippen molar-refractivity contribution in [3.8, 4) is 0 Å². The molecule has 1 heterocycles. The Morgan fingerprint density at radius 2 is 1.50 bits per heavy atom. The van der Waals surface area contributed by atoms with Gasteiger partial charge in [0.05, 0.1) is 13.2 Å². The summed E-state index contributed by atoms with van der Waals surface area (Å²) in [6.45, 7) is 2.69. The molecule has 2 fully saturated rings. The lowest BCUT2D eigenvalue weighted by Gasteiger charge is -2.35. The van der Waals surface area contributed by atoms with Gasteiger partial charge in [0, 0.05) is 13.3 Å². The van der Waals surface area contributed by atoms with E-state index in [2.05, 4.69) is 0 Å². The Morgan fingerprint density at radius 3 is 2.10 bits per heavy atom. The number of rotatable bonds is 1. The molecular weight excluding hydrogens is 256 g/mol. The Hall–Kier alpha value is -0.610. The number of hydrogen-bond acceptors (Lipinski definition) is 4. The standard InChI is InChI=1S/C16H28O4/c1-14(17)20-15-10-8-6-4-2-3-5-7-9-11-16(15)18-12-13-19-16/h15H,2-13H2,1H3. The second-order valence-corrected chi connectivity index (χ2v) is 5.97. The van der Waals surface area contributed by atoms with E-state index in [4.69, 9.17) is 14.2 Å². The van der Waals surface area contributed by atoms with Gasteiger partial charge in [0.1, 0.15) is 0 Å². The summed E-state index contributed by atoms with van der Waals surface area (Å²) in [6, 6.07) is 0. The molecule has 0 bridgehead atoms. The molecule has 1 saturated carbocycles. The summed E-state index contributed by atoms with van der Waals surface area (Å²) < 4.78 is 17.3. The molecule has 0 aromatic rings. The van der Waals surface area contributed by atoms with E-state index in [9.17, 15) is 4.79 Å². The predicted molar refractivity (Wildman–Crippen MR) is 76.4 cm³/mol. The minimum atomic E-state index is -0.676. The van der Waals surface area contributed by atoms with Crippen molar-refractivity contribution in [2.24, 2.45) is 0 Å². The van der Waals surface area contributed by atoms with E-state index in [1.54, 1.807) is 0 Å². The Labute approximate surface area is 122 Å². The smallest absolute Gasteiger partial charge is 0.303 e. The van der Waals surface area contributed by atoms with Crippen LogP contribution < -0.4 is 0 Å². The van der Waals surface area contributed by atoms with Crippen molar-refractivity contribution in [3.05, 3.63) is 0 Å². The third kappa shape index (κ3) is 4.45. The molecule has 20 heavy (non-hydrogen) atoms. The number of carbonyl (C=O) groups excluding carboxylic acids is 1. The molecule has 1 saturated heterocycles. The highest BCUT2D eigenvalue weighted by Crippen LogP contribution is 2.34. The first-order chi connectivity index (χ1) is 9.73. The predicted octanol–water partition coefficient (Wildman–Crippen LogP) is 3.58. The average molecular weight is 284 g/mol. The highest BCUT2D eigenvalue weighted by atomic mass is 16.8. The normalized spacial score (nSPS) is 28.6. The van der Waals surface area contributed by atoms with Crippen LogP contribution in [-0.4, -0.2) is 31.1 Å². The molecule has 2 aliphatic rings. The van der Waals surface area contributed by atoms with Crippen LogP contribution >= 0.6 is 0 Å². The molecule has 116 valence electrons. The Kier molecular flexibility index (Phi) is 6.30. The van der Waals surface area contributed by atoms with Gasteiger partial charge in [-0.2, -0.15) is 0 Å². The van der Waals surface area contributed by atoms with E-state index < -0.39 is 5.79 Å². The van der Waals surface area contributed by atoms with Gasteiger partial charge >= 0.3 is 5.97 Å². The summed E-state index contributed by atoms with van der Waals surface area (Å²) >= 11 is 0. The van der Waals surface area contributed by atoms with Crippen LogP contribution in [0.15, 0.2) is 0 Å². The second-order valence-electron chi connectivity index (χ2n) is 5.97. The fourth-order valence-corrected chi connectivity index (χ4v) is 3.29. The molecule has 0 aromatic carbocycles. The Bertz CT molecular complexity index is 297. The van der Waals surface area contributed by atoms with Gasteiger partial charge in [-0.3, -0.25) is 4.79 Å². The first-order valence-electron chi connectivity index (χ1n) is 8.18. The SMILES string of the molecule is CC(=O)OC1CCCCCCCCCCC12OCCO2.